The summed E-state index contributed by atoms with van der Waals surface area (Å²) >= 11 is 3.52. The van der Waals surface area contributed by atoms with Crippen molar-refractivity contribution in [3.05, 3.63) is 58.1 Å². The Morgan fingerprint density at radius 2 is 1.77 bits per heavy atom. The molecule has 0 N–H and O–H groups in total. The predicted molar refractivity (Wildman–Crippen MR) is 105 cm³/mol. The number of halogens is 1. The first-order valence-electron chi connectivity index (χ1n) is 8.60. The Balaban J connectivity index is 1.75. The first-order valence-corrected chi connectivity index (χ1v) is 9.40. The molecule has 0 aliphatic carbocycles. The molecule has 0 unspecified atom stereocenters. The number of hydrogen-bond donors (Lipinski definition) is 0. The molecule has 0 amide bonds. The van der Waals surface area contributed by atoms with E-state index in [0.717, 1.165) is 10.2 Å². The van der Waals surface area contributed by atoms with Gasteiger partial charge >= 0.3 is 5.97 Å². The molecule has 0 aliphatic heterocycles. The maximum atomic E-state index is 11.9. The second-order valence-electron chi connectivity index (χ2n) is 6.35. The second-order valence-corrected chi connectivity index (χ2v) is 7.21. The third-order valence-corrected chi connectivity index (χ3v) is 4.52. The zero-order valence-corrected chi connectivity index (χ0v) is 16.8. The van der Waals surface area contributed by atoms with E-state index in [2.05, 4.69) is 35.8 Å². The van der Waals surface area contributed by atoms with E-state index in [9.17, 15) is 9.59 Å². The fraction of sp³-hybridized carbons (Fsp3) is 0.333. The lowest BCUT2D eigenvalue weighted by molar-refractivity contribution is -0.134. The van der Waals surface area contributed by atoms with Crippen LogP contribution in [-0.2, 0) is 4.79 Å². The minimum absolute atomic E-state index is 0.0207. The maximum Gasteiger partial charge on any atom is 0.311 e. The number of benzene rings is 2. The van der Waals surface area contributed by atoms with E-state index in [1.807, 2.05) is 12.1 Å². The molecule has 2 aromatic carbocycles. The fourth-order valence-electron chi connectivity index (χ4n) is 2.33. The number of Topliss-reactive ketones (excluding diaryl/α,β-unsaturated/α-hetero) is 1. The summed E-state index contributed by atoms with van der Waals surface area (Å²) < 4.78 is 11.9. The van der Waals surface area contributed by atoms with Crippen molar-refractivity contribution in [1.29, 1.82) is 0 Å². The number of ether oxygens (including phenoxy) is 2. The van der Waals surface area contributed by atoms with Crippen LogP contribution in [0.5, 0.6) is 11.5 Å². The summed E-state index contributed by atoms with van der Waals surface area (Å²) in [5, 5.41) is 0. The Hall–Kier alpha value is -2.14. The van der Waals surface area contributed by atoms with Crippen LogP contribution in [0.2, 0.25) is 0 Å². The minimum atomic E-state index is -0.321. The lowest BCUT2D eigenvalue weighted by Gasteiger charge is -2.11. The van der Waals surface area contributed by atoms with Crippen molar-refractivity contribution in [2.75, 3.05) is 6.61 Å². The van der Waals surface area contributed by atoms with Crippen LogP contribution in [0.15, 0.2) is 46.9 Å². The summed E-state index contributed by atoms with van der Waals surface area (Å²) in [5.74, 6) is 1.32. The van der Waals surface area contributed by atoms with Gasteiger partial charge in [-0.1, -0.05) is 19.9 Å². The van der Waals surface area contributed by atoms with Crippen LogP contribution in [0.4, 0.5) is 0 Å². The van der Waals surface area contributed by atoms with Crippen LogP contribution in [-0.4, -0.2) is 18.4 Å². The highest BCUT2D eigenvalue weighted by atomic mass is 79.9. The summed E-state index contributed by atoms with van der Waals surface area (Å²) in [7, 11) is 0. The van der Waals surface area contributed by atoms with E-state index in [1.165, 1.54) is 12.5 Å². The van der Waals surface area contributed by atoms with E-state index in [0.29, 0.717) is 30.3 Å². The van der Waals surface area contributed by atoms with Gasteiger partial charge in [0.1, 0.15) is 11.5 Å². The molecule has 138 valence electrons. The Kier molecular flexibility index (Phi) is 7.39. The van der Waals surface area contributed by atoms with E-state index in [1.54, 1.807) is 24.3 Å². The van der Waals surface area contributed by atoms with Crippen molar-refractivity contribution in [2.45, 2.75) is 39.5 Å². The van der Waals surface area contributed by atoms with Gasteiger partial charge in [-0.2, -0.15) is 0 Å². The second kappa shape index (κ2) is 9.53. The highest BCUT2D eigenvalue weighted by Crippen LogP contribution is 2.29. The van der Waals surface area contributed by atoms with Crippen molar-refractivity contribution in [2.24, 2.45) is 0 Å². The smallest absolute Gasteiger partial charge is 0.311 e. The van der Waals surface area contributed by atoms with Crippen molar-refractivity contribution in [1.82, 2.24) is 0 Å². The maximum absolute atomic E-state index is 11.9. The van der Waals surface area contributed by atoms with Crippen molar-refractivity contribution >= 4 is 27.7 Å². The highest BCUT2D eigenvalue weighted by Gasteiger charge is 2.08. The molecule has 0 saturated heterocycles. The van der Waals surface area contributed by atoms with Crippen LogP contribution in [0.3, 0.4) is 0 Å². The molecule has 0 radical (unpaired) electrons. The van der Waals surface area contributed by atoms with Crippen LogP contribution in [0.25, 0.3) is 0 Å². The summed E-state index contributed by atoms with van der Waals surface area (Å²) in [4.78, 5) is 23.1. The van der Waals surface area contributed by atoms with Crippen molar-refractivity contribution in [3.8, 4) is 11.5 Å². The molecular weight excluding hydrogens is 396 g/mol. The average molecular weight is 419 g/mol. The molecule has 5 heteroatoms. The molecule has 2 aromatic rings. The van der Waals surface area contributed by atoms with Gasteiger partial charge < -0.3 is 9.47 Å². The van der Waals surface area contributed by atoms with Crippen LogP contribution >= 0.6 is 15.9 Å². The highest BCUT2D eigenvalue weighted by molar-refractivity contribution is 9.10. The molecule has 0 aliphatic rings. The zero-order valence-electron chi connectivity index (χ0n) is 15.3. The van der Waals surface area contributed by atoms with Gasteiger partial charge in [-0.15, -0.1) is 0 Å². The Bertz CT molecular complexity index is 766. The van der Waals surface area contributed by atoms with Gasteiger partial charge in [0.15, 0.2) is 5.78 Å². The van der Waals surface area contributed by atoms with Gasteiger partial charge in [0, 0.05) is 12.0 Å². The summed E-state index contributed by atoms with van der Waals surface area (Å²) in [6.07, 6.45) is 0.818. The molecule has 0 aromatic heterocycles. The van der Waals surface area contributed by atoms with Crippen LogP contribution in [0, 0.1) is 0 Å². The van der Waals surface area contributed by atoms with E-state index < -0.39 is 0 Å². The van der Waals surface area contributed by atoms with E-state index in [-0.39, 0.29) is 18.2 Å². The predicted octanol–water partition coefficient (Wildman–Crippen LogP) is 5.54. The molecule has 0 heterocycles. The summed E-state index contributed by atoms with van der Waals surface area (Å²) in [6.45, 7) is 6.21. The summed E-state index contributed by atoms with van der Waals surface area (Å²) in [6, 6.07) is 12.6. The molecular formula is C21H23BrO4. The number of ketones is 1. The van der Waals surface area contributed by atoms with Crippen LogP contribution in [0.1, 0.15) is 55.5 Å². The van der Waals surface area contributed by atoms with Gasteiger partial charge in [0.25, 0.3) is 0 Å². The minimum Gasteiger partial charge on any atom is -0.492 e. The van der Waals surface area contributed by atoms with Crippen LogP contribution < -0.4 is 9.47 Å². The number of rotatable bonds is 8. The molecule has 2 rings (SSSR count). The normalized spacial score (nSPS) is 10.7. The summed E-state index contributed by atoms with van der Waals surface area (Å²) in [5.41, 5.74) is 1.83. The molecule has 0 fully saturated rings. The van der Waals surface area contributed by atoms with Gasteiger partial charge in [-0.05, 0) is 77.2 Å². The van der Waals surface area contributed by atoms with E-state index >= 15 is 0 Å². The lowest BCUT2D eigenvalue weighted by atomic mass is 10.0. The molecule has 0 saturated carbocycles. The lowest BCUT2D eigenvalue weighted by Crippen LogP contribution is -2.10. The monoisotopic (exact) mass is 418 g/mol. The van der Waals surface area contributed by atoms with Gasteiger partial charge in [-0.3, -0.25) is 9.59 Å². The Morgan fingerprint density at radius 3 is 2.35 bits per heavy atom. The number of carbonyl (C=O) groups is 2. The van der Waals surface area contributed by atoms with Gasteiger partial charge in [-0.25, -0.2) is 0 Å². The third-order valence-electron chi connectivity index (χ3n) is 3.90. The first-order chi connectivity index (χ1) is 12.4. The average Bonchev–Trinajstić information content (AvgIpc) is 2.60. The zero-order chi connectivity index (χ0) is 19.1. The first kappa shape index (κ1) is 20.2. The molecule has 0 atom stereocenters. The fourth-order valence-corrected chi connectivity index (χ4v) is 2.84. The number of hydrogen-bond acceptors (Lipinski definition) is 4. The van der Waals surface area contributed by atoms with Gasteiger partial charge in [0.05, 0.1) is 11.1 Å². The number of carbonyl (C=O) groups excluding carboxylic acids is 2. The largest absolute Gasteiger partial charge is 0.492 e. The molecule has 0 bridgehead atoms. The quantitative estimate of drug-likeness (QED) is 0.244. The van der Waals surface area contributed by atoms with Crippen molar-refractivity contribution < 1.29 is 19.1 Å². The van der Waals surface area contributed by atoms with Crippen molar-refractivity contribution in [3.63, 3.8) is 0 Å². The van der Waals surface area contributed by atoms with E-state index in [4.69, 9.17) is 9.47 Å². The number of esters is 1. The topological polar surface area (TPSA) is 52.6 Å². The SMILES string of the molecule is CC(=O)c1ccc(OC(=O)CCCOc2ccc(C(C)C)cc2Br)cc1. The Labute approximate surface area is 162 Å². The van der Waals surface area contributed by atoms with Gasteiger partial charge in [0.2, 0.25) is 0 Å². The molecule has 0 spiro atoms. The standard InChI is InChI=1S/C21H23BrO4/c1-14(2)17-8-11-20(19(22)13-17)25-12-4-5-21(24)26-18-9-6-16(7-10-18)15(3)23/h6-11,13-14H,4-5,12H2,1-3H3. The molecule has 4 nitrogen and oxygen atoms in total. The third kappa shape index (κ3) is 5.99. The Morgan fingerprint density at radius 1 is 1.08 bits per heavy atom. The molecule has 26 heavy (non-hydrogen) atoms.